The second-order valence-electron chi connectivity index (χ2n) is 4.58. The van der Waals surface area contributed by atoms with E-state index in [4.69, 9.17) is 4.74 Å². The molecular weight excluding hydrogens is 259 g/mol. The summed E-state index contributed by atoms with van der Waals surface area (Å²) in [7, 11) is 0. The van der Waals surface area contributed by atoms with E-state index in [1.807, 2.05) is 6.92 Å². The van der Waals surface area contributed by atoms with Crippen LogP contribution in [-0.4, -0.2) is 22.9 Å². The van der Waals surface area contributed by atoms with E-state index in [1.165, 1.54) is 19.3 Å². The molecule has 1 atom stereocenters. The third kappa shape index (κ3) is 5.46. The summed E-state index contributed by atoms with van der Waals surface area (Å²) in [6.45, 7) is 3.76. The van der Waals surface area contributed by atoms with Gasteiger partial charge in [0.1, 0.15) is 5.75 Å². The predicted octanol–water partition coefficient (Wildman–Crippen LogP) is 3.42. The van der Waals surface area contributed by atoms with Crippen molar-refractivity contribution in [3.63, 3.8) is 0 Å². The number of nitrogens with zero attached hydrogens (tertiary/aromatic N) is 1. The molecular formula is C13H18F3NO2. The van der Waals surface area contributed by atoms with Crippen LogP contribution in [0, 0.1) is 0 Å². The Balaban J connectivity index is 2.68. The molecule has 1 heterocycles. The maximum atomic E-state index is 12.1. The van der Waals surface area contributed by atoms with Crippen molar-refractivity contribution in [1.82, 2.24) is 4.98 Å². The summed E-state index contributed by atoms with van der Waals surface area (Å²) < 4.78 is 41.5. The van der Waals surface area contributed by atoms with Crippen LogP contribution in [0.3, 0.4) is 0 Å². The van der Waals surface area contributed by atoms with Gasteiger partial charge in [0, 0.05) is 18.2 Å². The van der Waals surface area contributed by atoms with E-state index in [9.17, 15) is 18.3 Å². The highest BCUT2D eigenvalue weighted by atomic mass is 19.4. The molecule has 1 aromatic rings. The van der Waals surface area contributed by atoms with Gasteiger partial charge in [-0.1, -0.05) is 0 Å². The molecule has 19 heavy (non-hydrogen) atoms. The first-order chi connectivity index (χ1) is 8.74. The van der Waals surface area contributed by atoms with Gasteiger partial charge in [0.2, 0.25) is 0 Å². The average Bonchev–Trinajstić information content (AvgIpc) is 2.28. The Bertz CT molecular complexity index is 405. The first-order valence-corrected chi connectivity index (χ1v) is 6.12. The second kappa shape index (κ2) is 6.23. The minimum Gasteiger partial charge on any atom is -0.492 e. The largest absolute Gasteiger partial charge is 0.492 e. The lowest BCUT2D eigenvalue weighted by Gasteiger charge is -2.24. The second-order valence-corrected chi connectivity index (χ2v) is 4.58. The van der Waals surface area contributed by atoms with Gasteiger partial charge in [0.25, 0.3) is 0 Å². The Morgan fingerprint density at radius 1 is 1.26 bits per heavy atom. The van der Waals surface area contributed by atoms with Crippen LogP contribution in [-0.2, 0) is 5.60 Å². The van der Waals surface area contributed by atoms with Crippen LogP contribution in [0.4, 0.5) is 13.2 Å². The summed E-state index contributed by atoms with van der Waals surface area (Å²) in [5.74, 6) is 0.496. The number of ether oxygens (including phenoxy) is 1. The maximum absolute atomic E-state index is 12.1. The first-order valence-electron chi connectivity index (χ1n) is 6.12. The lowest BCUT2D eigenvalue weighted by atomic mass is 9.91. The number of halogens is 3. The zero-order valence-corrected chi connectivity index (χ0v) is 11.0. The lowest BCUT2D eigenvalue weighted by Crippen LogP contribution is -2.22. The molecule has 0 saturated carbocycles. The van der Waals surface area contributed by atoms with Crippen LogP contribution < -0.4 is 4.74 Å². The fraction of sp³-hybridized carbons (Fsp3) is 0.615. The van der Waals surface area contributed by atoms with Crippen molar-refractivity contribution in [3.8, 4) is 5.75 Å². The van der Waals surface area contributed by atoms with Crippen molar-refractivity contribution in [2.45, 2.75) is 44.9 Å². The first kappa shape index (κ1) is 15.8. The molecule has 1 N–H and O–H groups in total. The molecule has 108 valence electrons. The van der Waals surface area contributed by atoms with Crippen LogP contribution in [0.25, 0.3) is 0 Å². The fourth-order valence-electron chi connectivity index (χ4n) is 1.74. The van der Waals surface area contributed by atoms with Gasteiger partial charge in [-0.25, -0.2) is 0 Å². The third-order valence-corrected chi connectivity index (χ3v) is 2.77. The minimum absolute atomic E-state index is 0.0176. The molecule has 1 aromatic heterocycles. The summed E-state index contributed by atoms with van der Waals surface area (Å²) in [6.07, 6.45) is -2.27. The Kier molecular flexibility index (Phi) is 5.17. The molecule has 0 aromatic carbocycles. The van der Waals surface area contributed by atoms with Gasteiger partial charge in [0.15, 0.2) is 0 Å². The monoisotopic (exact) mass is 277 g/mol. The maximum Gasteiger partial charge on any atom is 0.389 e. The van der Waals surface area contributed by atoms with Crippen molar-refractivity contribution < 1.29 is 23.0 Å². The summed E-state index contributed by atoms with van der Waals surface area (Å²) >= 11 is 0. The molecule has 3 nitrogen and oxygen atoms in total. The molecule has 0 amide bonds. The molecule has 0 aliphatic carbocycles. The van der Waals surface area contributed by atoms with E-state index >= 15 is 0 Å². The predicted molar refractivity (Wildman–Crippen MR) is 64.9 cm³/mol. The number of hydrogen-bond acceptors (Lipinski definition) is 3. The molecule has 0 bridgehead atoms. The highest BCUT2D eigenvalue weighted by molar-refractivity contribution is 5.27. The van der Waals surface area contributed by atoms with Gasteiger partial charge in [-0.2, -0.15) is 13.2 Å². The quantitative estimate of drug-likeness (QED) is 0.866. The van der Waals surface area contributed by atoms with E-state index in [2.05, 4.69) is 4.98 Å². The molecule has 0 aliphatic rings. The number of alkyl halides is 3. The van der Waals surface area contributed by atoms with E-state index in [1.54, 1.807) is 6.07 Å². The average molecular weight is 277 g/mol. The van der Waals surface area contributed by atoms with Gasteiger partial charge in [-0.3, -0.25) is 4.98 Å². The van der Waals surface area contributed by atoms with Gasteiger partial charge in [0.05, 0.1) is 18.4 Å². The normalized spacial score (nSPS) is 15.1. The minimum atomic E-state index is -4.19. The van der Waals surface area contributed by atoms with Crippen LogP contribution in [0.15, 0.2) is 18.5 Å². The van der Waals surface area contributed by atoms with Gasteiger partial charge < -0.3 is 9.84 Å². The van der Waals surface area contributed by atoms with Crippen LogP contribution in [0.2, 0.25) is 0 Å². The molecule has 0 fully saturated rings. The summed E-state index contributed by atoms with van der Waals surface area (Å²) in [5.41, 5.74) is -0.883. The van der Waals surface area contributed by atoms with Gasteiger partial charge in [-0.05, 0) is 32.8 Å². The SMILES string of the molecule is CCOc1cncc(C(C)(O)CCCC(F)(F)F)c1. The van der Waals surface area contributed by atoms with Crippen molar-refractivity contribution in [3.05, 3.63) is 24.0 Å². The Morgan fingerprint density at radius 3 is 2.53 bits per heavy atom. The van der Waals surface area contributed by atoms with Gasteiger partial charge in [-0.15, -0.1) is 0 Å². The number of rotatable bonds is 6. The molecule has 0 spiro atoms. The van der Waals surface area contributed by atoms with Crippen LogP contribution >= 0.6 is 0 Å². The Morgan fingerprint density at radius 2 is 1.95 bits per heavy atom. The summed E-state index contributed by atoms with van der Waals surface area (Å²) in [6, 6.07) is 1.60. The lowest BCUT2D eigenvalue weighted by molar-refractivity contribution is -0.137. The Hall–Kier alpha value is -1.30. The third-order valence-electron chi connectivity index (χ3n) is 2.77. The molecule has 0 radical (unpaired) electrons. The van der Waals surface area contributed by atoms with E-state index in [-0.39, 0.29) is 12.8 Å². The van der Waals surface area contributed by atoms with Crippen LogP contribution in [0.1, 0.15) is 38.7 Å². The number of pyridine rings is 1. The van der Waals surface area contributed by atoms with Crippen molar-refractivity contribution >= 4 is 0 Å². The standard InChI is InChI=1S/C13H18F3NO2/c1-3-19-11-7-10(8-17-9-11)12(2,18)5-4-6-13(14,15)16/h7-9,18H,3-6H2,1-2H3. The number of aromatic nitrogens is 1. The van der Waals surface area contributed by atoms with Crippen LogP contribution in [0.5, 0.6) is 5.75 Å². The van der Waals surface area contributed by atoms with E-state index in [0.29, 0.717) is 17.9 Å². The molecule has 1 unspecified atom stereocenters. The topological polar surface area (TPSA) is 42.4 Å². The molecule has 0 aliphatic heterocycles. The summed E-state index contributed by atoms with van der Waals surface area (Å²) in [4.78, 5) is 3.92. The van der Waals surface area contributed by atoms with E-state index < -0.39 is 18.2 Å². The van der Waals surface area contributed by atoms with Crippen molar-refractivity contribution in [2.75, 3.05) is 6.61 Å². The molecule has 6 heteroatoms. The van der Waals surface area contributed by atoms with Crippen molar-refractivity contribution in [2.24, 2.45) is 0 Å². The van der Waals surface area contributed by atoms with Gasteiger partial charge >= 0.3 is 6.18 Å². The fourth-order valence-corrected chi connectivity index (χ4v) is 1.74. The van der Waals surface area contributed by atoms with Crippen molar-refractivity contribution in [1.29, 1.82) is 0 Å². The molecule has 1 rings (SSSR count). The zero-order valence-electron chi connectivity index (χ0n) is 11.0. The number of hydrogen-bond donors (Lipinski definition) is 1. The zero-order chi connectivity index (χ0) is 14.5. The number of aliphatic hydroxyl groups is 1. The molecule has 0 saturated heterocycles. The highest BCUT2D eigenvalue weighted by Gasteiger charge is 2.30. The highest BCUT2D eigenvalue weighted by Crippen LogP contribution is 2.31. The smallest absolute Gasteiger partial charge is 0.389 e. The van der Waals surface area contributed by atoms with E-state index in [0.717, 1.165) is 0 Å². The summed E-state index contributed by atoms with van der Waals surface area (Å²) in [5, 5.41) is 10.2. The Labute approximate surface area is 110 Å².